The number of amides is 1. The topological polar surface area (TPSA) is 84.4 Å². The zero-order valence-corrected chi connectivity index (χ0v) is 15.4. The molecule has 0 unspecified atom stereocenters. The molecule has 0 aliphatic carbocycles. The van der Waals surface area contributed by atoms with Crippen LogP contribution in [-0.2, 0) is 9.53 Å². The zero-order chi connectivity index (χ0) is 18.9. The number of esters is 1. The van der Waals surface area contributed by atoms with Crippen LogP contribution in [0, 0.1) is 13.8 Å². The number of likely N-dealkylation sites (N-methyl/N-ethyl adjacent to an activating group) is 1. The number of nitrogens with zero attached hydrogens (tertiary/aromatic N) is 3. The number of benzene rings is 1. The Bertz CT molecular complexity index is 747. The molecule has 1 amide bonds. The Morgan fingerprint density at radius 3 is 2.65 bits per heavy atom. The van der Waals surface area contributed by atoms with E-state index in [1.165, 1.54) is 18.0 Å². The highest BCUT2D eigenvalue weighted by Crippen LogP contribution is 2.14. The normalized spacial score (nSPS) is 10.3. The Balaban J connectivity index is 1.74. The van der Waals surface area contributed by atoms with E-state index in [2.05, 4.69) is 33.2 Å². The van der Waals surface area contributed by atoms with Gasteiger partial charge in [-0.3, -0.25) is 9.78 Å². The van der Waals surface area contributed by atoms with Crippen molar-refractivity contribution in [1.82, 2.24) is 15.3 Å². The third-order valence-electron chi connectivity index (χ3n) is 3.78. The summed E-state index contributed by atoms with van der Waals surface area (Å²) in [4.78, 5) is 33.7. The Hall–Kier alpha value is -2.96. The number of carbonyl (C=O) groups excluding carboxylic acids is 2. The molecule has 0 aliphatic heterocycles. The molecule has 0 atom stereocenters. The van der Waals surface area contributed by atoms with E-state index in [0.29, 0.717) is 18.8 Å². The first-order valence-electron chi connectivity index (χ1n) is 8.53. The van der Waals surface area contributed by atoms with Gasteiger partial charge in [-0.1, -0.05) is 12.1 Å². The van der Waals surface area contributed by atoms with E-state index >= 15 is 0 Å². The number of nitrogens with one attached hydrogen (secondary N) is 1. The van der Waals surface area contributed by atoms with Gasteiger partial charge in [0, 0.05) is 31.5 Å². The van der Waals surface area contributed by atoms with Gasteiger partial charge in [0.2, 0.25) is 0 Å². The molecular weight excluding hydrogens is 332 g/mol. The third kappa shape index (κ3) is 5.84. The summed E-state index contributed by atoms with van der Waals surface area (Å²) in [5, 5.41) is 2.75. The number of hydrogen-bond acceptors (Lipinski definition) is 6. The van der Waals surface area contributed by atoms with Crippen molar-refractivity contribution >= 4 is 17.6 Å². The molecule has 0 aliphatic rings. The molecule has 0 fully saturated rings. The lowest BCUT2D eigenvalue weighted by molar-refractivity contribution is -0.124. The van der Waals surface area contributed by atoms with Crippen LogP contribution in [0.4, 0.5) is 5.69 Å². The van der Waals surface area contributed by atoms with Gasteiger partial charge >= 0.3 is 5.97 Å². The Kier molecular flexibility index (Phi) is 7.08. The number of aryl methyl sites for hydroxylation is 2. The van der Waals surface area contributed by atoms with E-state index < -0.39 is 5.97 Å². The highest BCUT2D eigenvalue weighted by molar-refractivity contribution is 5.89. The summed E-state index contributed by atoms with van der Waals surface area (Å²) in [6.07, 6.45) is 2.80. The quantitative estimate of drug-likeness (QED) is 0.727. The summed E-state index contributed by atoms with van der Waals surface area (Å²) in [5.41, 5.74) is 3.09. The lowest BCUT2D eigenvalue weighted by atomic mass is 10.2. The van der Waals surface area contributed by atoms with Crippen LogP contribution in [0.5, 0.6) is 0 Å². The molecule has 1 aromatic carbocycles. The van der Waals surface area contributed by atoms with Crippen LogP contribution in [0.25, 0.3) is 0 Å². The van der Waals surface area contributed by atoms with Crippen LogP contribution in [0.1, 0.15) is 28.7 Å². The van der Waals surface area contributed by atoms with Gasteiger partial charge in [-0.15, -0.1) is 0 Å². The molecule has 26 heavy (non-hydrogen) atoms. The molecular formula is C19H24N4O3. The van der Waals surface area contributed by atoms with Gasteiger partial charge in [0.25, 0.3) is 5.91 Å². The fourth-order valence-corrected chi connectivity index (χ4v) is 2.38. The molecule has 0 spiro atoms. The number of rotatable bonds is 8. The largest absolute Gasteiger partial charge is 0.451 e. The summed E-state index contributed by atoms with van der Waals surface area (Å²) >= 11 is 0. The van der Waals surface area contributed by atoms with Crippen LogP contribution >= 0.6 is 0 Å². The van der Waals surface area contributed by atoms with Crippen molar-refractivity contribution in [3.8, 4) is 0 Å². The molecule has 2 aromatic rings. The van der Waals surface area contributed by atoms with Gasteiger partial charge in [0.1, 0.15) is 0 Å². The average Bonchev–Trinajstić information content (AvgIpc) is 2.64. The fourth-order valence-electron chi connectivity index (χ4n) is 2.38. The first-order chi connectivity index (χ1) is 12.5. The van der Waals surface area contributed by atoms with Crippen molar-refractivity contribution in [3.63, 3.8) is 0 Å². The SMILES string of the molecule is CCN(CCNC(=O)COC(=O)c1cnc(C)cn1)c1cccc(C)c1. The van der Waals surface area contributed by atoms with E-state index in [1.807, 2.05) is 25.1 Å². The van der Waals surface area contributed by atoms with Gasteiger partial charge in [-0.25, -0.2) is 9.78 Å². The molecule has 7 heteroatoms. The number of anilines is 1. The Morgan fingerprint density at radius 1 is 1.19 bits per heavy atom. The highest BCUT2D eigenvalue weighted by atomic mass is 16.5. The maximum absolute atomic E-state index is 11.9. The van der Waals surface area contributed by atoms with Crippen molar-refractivity contribution in [3.05, 3.63) is 53.6 Å². The number of hydrogen-bond donors (Lipinski definition) is 1. The summed E-state index contributed by atoms with van der Waals surface area (Å²) in [6.45, 7) is 7.50. The second-order valence-corrected chi connectivity index (χ2v) is 5.89. The van der Waals surface area contributed by atoms with Crippen LogP contribution in [0.2, 0.25) is 0 Å². The minimum atomic E-state index is -0.664. The molecule has 1 heterocycles. The summed E-state index contributed by atoms with van der Waals surface area (Å²) in [6, 6.07) is 8.21. The van der Waals surface area contributed by atoms with Crippen molar-refractivity contribution in [2.24, 2.45) is 0 Å². The van der Waals surface area contributed by atoms with E-state index in [0.717, 1.165) is 12.2 Å². The fraction of sp³-hybridized carbons (Fsp3) is 0.368. The van der Waals surface area contributed by atoms with Gasteiger partial charge in [0.05, 0.1) is 11.9 Å². The van der Waals surface area contributed by atoms with E-state index in [9.17, 15) is 9.59 Å². The first kappa shape index (κ1) is 19.4. The van der Waals surface area contributed by atoms with Crippen LogP contribution < -0.4 is 10.2 Å². The maximum Gasteiger partial charge on any atom is 0.359 e. The predicted octanol–water partition coefficient (Wildman–Crippen LogP) is 1.89. The number of aromatic nitrogens is 2. The number of ether oxygens (including phenoxy) is 1. The molecule has 0 saturated carbocycles. The lowest BCUT2D eigenvalue weighted by Gasteiger charge is -2.23. The summed E-state index contributed by atoms with van der Waals surface area (Å²) in [7, 11) is 0. The second kappa shape index (κ2) is 9.50. The standard InChI is InChI=1S/C19H24N4O3/c1-4-23(16-7-5-6-14(2)10-16)9-8-20-18(24)13-26-19(25)17-12-21-15(3)11-22-17/h5-7,10-12H,4,8-9,13H2,1-3H3,(H,20,24). The Labute approximate surface area is 153 Å². The molecule has 0 saturated heterocycles. The molecule has 7 nitrogen and oxygen atoms in total. The molecule has 2 rings (SSSR count). The van der Waals surface area contributed by atoms with Gasteiger partial charge in [-0.2, -0.15) is 0 Å². The van der Waals surface area contributed by atoms with Crippen LogP contribution in [-0.4, -0.2) is 48.1 Å². The van der Waals surface area contributed by atoms with E-state index in [-0.39, 0.29) is 18.2 Å². The minimum Gasteiger partial charge on any atom is -0.451 e. The van der Waals surface area contributed by atoms with Gasteiger partial charge in [-0.05, 0) is 38.5 Å². The molecule has 1 aromatic heterocycles. The van der Waals surface area contributed by atoms with E-state index in [4.69, 9.17) is 4.74 Å². The summed E-state index contributed by atoms with van der Waals surface area (Å²) < 4.78 is 4.95. The van der Waals surface area contributed by atoms with Gasteiger partial charge in [0.15, 0.2) is 12.3 Å². The predicted molar refractivity (Wildman–Crippen MR) is 99.1 cm³/mol. The molecule has 0 radical (unpaired) electrons. The van der Waals surface area contributed by atoms with Gasteiger partial charge < -0.3 is 15.0 Å². The zero-order valence-electron chi connectivity index (χ0n) is 15.4. The van der Waals surface area contributed by atoms with Crippen LogP contribution in [0.3, 0.4) is 0 Å². The molecule has 0 bridgehead atoms. The van der Waals surface area contributed by atoms with E-state index in [1.54, 1.807) is 6.92 Å². The number of carbonyl (C=O) groups is 2. The maximum atomic E-state index is 11.9. The lowest BCUT2D eigenvalue weighted by Crippen LogP contribution is -2.37. The molecule has 138 valence electrons. The highest BCUT2D eigenvalue weighted by Gasteiger charge is 2.12. The van der Waals surface area contributed by atoms with Crippen molar-refractivity contribution in [1.29, 1.82) is 0 Å². The second-order valence-electron chi connectivity index (χ2n) is 5.89. The van der Waals surface area contributed by atoms with Crippen molar-refractivity contribution < 1.29 is 14.3 Å². The first-order valence-corrected chi connectivity index (χ1v) is 8.53. The third-order valence-corrected chi connectivity index (χ3v) is 3.78. The average molecular weight is 356 g/mol. The smallest absolute Gasteiger partial charge is 0.359 e. The van der Waals surface area contributed by atoms with Crippen molar-refractivity contribution in [2.45, 2.75) is 20.8 Å². The monoisotopic (exact) mass is 356 g/mol. The molecule has 1 N–H and O–H groups in total. The minimum absolute atomic E-state index is 0.0833. The van der Waals surface area contributed by atoms with Crippen molar-refractivity contribution in [2.75, 3.05) is 31.1 Å². The Morgan fingerprint density at radius 2 is 2.00 bits per heavy atom. The summed E-state index contributed by atoms with van der Waals surface area (Å²) in [5.74, 6) is -1.01. The van der Waals surface area contributed by atoms with Crippen LogP contribution in [0.15, 0.2) is 36.7 Å².